The third-order valence-corrected chi connectivity index (χ3v) is 5.43. The van der Waals surface area contributed by atoms with Crippen LogP contribution in [0.1, 0.15) is 22.4 Å². The van der Waals surface area contributed by atoms with Crippen LogP contribution in [-0.2, 0) is 22.3 Å². The summed E-state index contributed by atoms with van der Waals surface area (Å²) < 4.78 is 43.2. The Balaban J connectivity index is 1.49. The Bertz CT molecular complexity index is 1050. The predicted molar refractivity (Wildman–Crippen MR) is 112 cm³/mol. The highest BCUT2D eigenvalue weighted by Gasteiger charge is 2.38. The quantitative estimate of drug-likeness (QED) is 0.758. The molecule has 0 spiro atoms. The lowest BCUT2D eigenvalue weighted by molar-refractivity contribution is -0.144. The normalized spacial score (nSPS) is 19.0. The number of benzene rings is 1. The number of nitrogens with zero attached hydrogens (tertiary/aromatic N) is 4. The number of alkyl halides is 3. The van der Waals surface area contributed by atoms with Crippen LogP contribution in [0.15, 0.2) is 47.7 Å². The number of nitrogens with one attached hydrogen (secondary N) is 1. The summed E-state index contributed by atoms with van der Waals surface area (Å²) in [7, 11) is 0. The molecule has 174 valence electrons. The Labute approximate surface area is 188 Å². The zero-order chi connectivity index (χ0) is 23.6. The molecule has 2 aliphatic rings. The monoisotopic (exact) mass is 461 g/mol. The summed E-state index contributed by atoms with van der Waals surface area (Å²) in [6.07, 6.45) is -3.45. The lowest BCUT2D eigenvalue weighted by Gasteiger charge is -2.32. The third-order valence-electron chi connectivity index (χ3n) is 5.43. The minimum Gasteiger partial charge on any atom is -0.370 e. The number of pyridine rings is 1. The predicted octanol–water partition coefficient (Wildman–Crippen LogP) is 2.57. The molecule has 1 atom stereocenters. The smallest absolute Gasteiger partial charge is 0.370 e. The summed E-state index contributed by atoms with van der Waals surface area (Å²) in [6, 6.07) is 8.81. The Morgan fingerprint density at radius 1 is 1.21 bits per heavy atom. The number of carbonyl (C=O) groups excluding carboxylic acids is 2. The van der Waals surface area contributed by atoms with Crippen molar-refractivity contribution in [3.8, 4) is 0 Å². The molecule has 1 fully saturated rings. The van der Waals surface area contributed by atoms with Gasteiger partial charge in [0.25, 0.3) is 0 Å². The first kappa shape index (κ1) is 22.7. The molecule has 11 heteroatoms. The van der Waals surface area contributed by atoms with Gasteiger partial charge in [0.05, 0.1) is 24.9 Å². The molecule has 33 heavy (non-hydrogen) atoms. The van der Waals surface area contributed by atoms with Gasteiger partial charge in [-0.1, -0.05) is 35.9 Å². The number of rotatable bonds is 4. The molecule has 3 amide bonds. The molecule has 1 saturated heterocycles. The molecule has 3 heterocycles. The van der Waals surface area contributed by atoms with Crippen molar-refractivity contribution in [2.75, 3.05) is 26.3 Å². The second kappa shape index (κ2) is 9.18. The molecule has 1 unspecified atom stereocenters. The fourth-order valence-corrected chi connectivity index (χ4v) is 3.66. The molecule has 0 bridgehead atoms. The Morgan fingerprint density at radius 2 is 1.97 bits per heavy atom. The van der Waals surface area contributed by atoms with Crippen LogP contribution in [0.4, 0.5) is 18.0 Å². The van der Waals surface area contributed by atoms with Crippen molar-refractivity contribution in [3.05, 3.63) is 65.0 Å². The highest BCUT2D eigenvalue weighted by molar-refractivity contribution is 6.08. The summed E-state index contributed by atoms with van der Waals surface area (Å²) in [4.78, 5) is 30.3. The highest BCUT2D eigenvalue weighted by Crippen LogP contribution is 2.27. The van der Waals surface area contributed by atoms with Crippen molar-refractivity contribution < 1.29 is 27.5 Å². The van der Waals surface area contributed by atoms with Crippen molar-refractivity contribution in [1.82, 2.24) is 20.2 Å². The summed E-state index contributed by atoms with van der Waals surface area (Å²) in [6.45, 7) is 2.87. The van der Waals surface area contributed by atoms with Crippen LogP contribution in [-0.4, -0.2) is 64.9 Å². The van der Waals surface area contributed by atoms with Crippen LogP contribution in [0.5, 0.6) is 0 Å². The number of halogens is 3. The van der Waals surface area contributed by atoms with Crippen molar-refractivity contribution in [2.45, 2.75) is 25.7 Å². The SMILES string of the molecule is Cc1ccc(C2=NN(C(=O)NCc3ccc(C(F)(F)F)nc3)CC2N2CCOCC2=O)cc1. The van der Waals surface area contributed by atoms with Crippen molar-refractivity contribution >= 4 is 17.6 Å². The minimum atomic E-state index is -4.52. The van der Waals surface area contributed by atoms with Gasteiger partial charge in [-0.3, -0.25) is 9.78 Å². The number of aromatic nitrogens is 1. The van der Waals surface area contributed by atoms with E-state index >= 15 is 0 Å². The van der Waals surface area contributed by atoms with E-state index in [0.29, 0.717) is 24.4 Å². The number of urea groups is 1. The molecule has 1 aromatic heterocycles. The maximum Gasteiger partial charge on any atom is 0.433 e. The zero-order valence-electron chi connectivity index (χ0n) is 17.8. The number of hydrogen-bond donors (Lipinski definition) is 1. The lowest BCUT2D eigenvalue weighted by Crippen LogP contribution is -2.52. The van der Waals surface area contributed by atoms with E-state index in [-0.39, 0.29) is 25.6 Å². The van der Waals surface area contributed by atoms with E-state index in [9.17, 15) is 22.8 Å². The number of aryl methyl sites for hydroxylation is 1. The summed E-state index contributed by atoms with van der Waals surface area (Å²) in [5.74, 6) is -0.177. The molecule has 2 aliphatic heterocycles. The first-order valence-electron chi connectivity index (χ1n) is 10.3. The van der Waals surface area contributed by atoms with E-state index in [1.807, 2.05) is 31.2 Å². The number of hydrogen-bond acceptors (Lipinski definition) is 5. The first-order chi connectivity index (χ1) is 15.7. The Morgan fingerprint density at radius 3 is 2.61 bits per heavy atom. The average Bonchev–Trinajstić information content (AvgIpc) is 3.23. The molecule has 0 saturated carbocycles. The van der Waals surface area contributed by atoms with Crippen molar-refractivity contribution in [3.63, 3.8) is 0 Å². The first-order valence-corrected chi connectivity index (χ1v) is 10.3. The fourth-order valence-electron chi connectivity index (χ4n) is 3.66. The van der Waals surface area contributed by atoms with Gasteiger partial charge in [0.1, 0.15) is 12.3 Å². The fraction of sp³-hybridized carbons (Fsp3) is 0.364. The van der Waals surface area contributed by atoms with Crippen LogP contribution in [0.2, 0.25) is 0 Å². The van der Waals surface area contributed by atoms with Gasteiger partial charge >= 0.3 is 12.2 Å². The maximum absolute atomic E-state index is 12.8. The Kier molecular flexibility index (Phi) is 6.32. The van der Waals surface area contributed by atoms with Gasteiger partial charge in [-0.25, -0.2) is 9.80 Å². The molecule has 1 aromatic carbocycles. The number of ether oxygens (including phenoxy) is 1. The van der Waals surface area contributed by atoms with Gasteiger partial charge in [0.2, 0.25) is 5.91 Å². The van der Waals surface area contributed by atoms with Gasteiger partial charge < -0.3 is 15.0 Å². The van der Waals surface area contributed by atoms with E-state index < -0.39 is 23.9 Å². The summed E-state index contributed by atoms with van der Waals surface area (Å²) >= 11 is 0. The zero-order valence-corrected chi connectivity index (χ0v) is 17.8. The van der Waals surface area contributed by atoms with Crippen molar-refractivity contribution in [1.29, 1.82) is 0 Å². The lowest BCUT2D eigenvalue weighted by atomic mass is 10.0. The largest absolute Gasteiger partial charge is 0.433 e. The van der Waals surface area contributed by atoms with Crippen LogP contribution in [0.3, 0.4) is 0 Å². The molecule has 8 nitrogen and oxygen atoms in total. The van der Waals surface area contributed by atoms with E-state index in [1.165, 1.54) is 11.1 Å². The second-order valence-corrected chi connectivity index (χ2v) is 7.80. The molecule has 2 aromatic rings. The van der Waals surface area contributed by atoms with Gasteiger partial charge in [-0.15, -0.1) is 0 Å². The van der Waals surface area contributed by atoms with E-state index in [4.69, 9.17) is 4.74 Å². The standard InChI is InChI=1S/C22H22F3N5O3/c1-14-2-5-16(6-3-14)20-17(29-8-9-33-13-19(29)31)12-30(28-20)21(32)27-11-15-4-7-18(26-10-15)22(23,24)25/h2-7,10,17H,8-9,11-13H2,1H3,(H,27,32). The van der Waals surface area contributed by atoms with Crippen LogP contribution < -0.4 is 5.32 Å². The number of morpholine rings is 1. The summed E-state index contributed by atoms with van der Waals surface area (Å²) in [5.41, 5.74) is 1.88. The third kappa shape index (κ3) is 5.14. The van der Waals surface area contributed by atoms with Crippen molar-refractivity contribution in [2.24, 2.45) is 5.10 Å². The number of carbonyl (C=O) groups is 2. The van der Waals surface area contributed by atoms with Gasteiger partial charge in [0, 0.05) is 19.3 Å². The van der Waals surface area contributed by atoms with Crippen LogP contribution in [0.25, 0.3) is 0 Å². The second-order valence-electron chi connectivity index (χ2n) is 7.80. The Hall–Kier alpha value is -3.47. The van der Waals surface area contributed by atoms with E-state index in [1.54, 1.807) is 4.90 Å². The highest BCUT2D eigenvalue weighted by atomic mass is 19.4. The van der Waals surface area contributed by atoms with Crippen LogP contribution in [0, 0.1) is 6.92 Å². The minimum absolute atomic E-state index is 0.0169. The molecule has 1 N–H and O–H groups in total. The van der Waals surface area contributed by atoms with Gasteiger partial charge in [-0.05, 0) is 24.1 Å². The van der Waals surface area contributed by atoms with E-state index in [2.05, 4.69) is 15.4 Å². The topological polar surface area (TPSA) is 87.1 Å². The molecule has 0 aliphatic carbocycles. The molecule has 4 rings (SSSR count). The van der Waals surface area contributed by atoms with Gasteiger partial charge in [-0.2, -0.15) is 18.3 Å². The number of hydrazone groups is 1. The summed E-state index contributed by atoms with van der Waals surface area (Å²) in [5, 5.41) is 8.36. The van der Waals surface area contributed by atoms with E-state index in [0.717, 1.165) is 23.4 Å². The van der Waals surface area contributed by atoms with Crippen LogP contribution >= 0.6 is 0 Å². The average molecular weight is 461 g/mol. The van der Waals surface area contributed by atoms with Gasteiger partial charge in [0.15, 0.2) is 0 Å². The maximum atomic E-state index is 12.8. The molecular weight excluding hydrogens is 439 g/mol. The molecular formula is C22H22F3N5O3. The number of amides is 3. The molecule has 0 radical (unpaired) electrons.